The van der Waals surface area contributed by atoms with Crippen LogP contribution in [0.4, 0.5) is 11.4 Å². The minimum atomic E-state index is -4.37. The zero-order chi connectivity index (χ0) is 26.1. The Morgan fingerprint density at radius 2 is 0.889 bits per heavy atom. The molecule has 36 heavy (non-hydrogen) atoms. The number of fused-ring (bicyclic) bond motifs is 1. The number of hydrogen-bond donors (Lipinski definition) is 4. The quantitative estimate of drug-likeness (QED) is 0.158. The van der Waals surface area contributed by atoms with Gasteiger partial charge in [0.1, 0.15) is 10.7 Å². The molecule has 4 rings (SSSR count). The number of benzene rings is 4. The van der Waals surface area contributed by atoms with E-state index in [0.717, 1.165) is 24.3 Å². The second-order valence-electron chi connectivity index (χ2n) is 7.35. The molecule has 4 aromatic carbocycles. The number of nitrogens with one attached hydrogen (secondary N) is 2. The minimum Gasteiger partial charge on any atom is -0.283 e. The lowest BCUT2D eigenvalue weighted by atomic mass is 10.1. The van der Waals surface area contributed by atoms with Gasteiger partial charge in [0.25, 0.3) is 31.1 Å². The third kappa shape index (κ3) is 5.21. The van der Waals surface area contributed by atoms with Crippen LogP contribution < -0.4 is 32.4 Å². The monoisotopic (exact) mass is 528 g/mol. The van der Waals surface area contributed by atoms with Crippen molar-refractivity contribution >= 4 is 42.4 Å². The predicted molar refractivity (Wildman–Crippen MR) is 130 cm³/mol. The van der Waals surface area contributed by atoms with Gasteiger partial charge in [-0.15, -0.1) is 0 Å². The van der Waals surface area contributed by atoms with Crippen molar-refractivity contribution in [3.8, 4) is 0 Å². The summed E-state index contributed by atoms with van der Waals surface area (Å²) in [5, 5.41) is 8.31. The summed E-state index contributed by atoms with van der Waals surface area (Å²) in [7, 11) is -8.74. The first-order valence-corrected chi connectivity index (χ1v) is 12.8. The first-order valence-electron chi connectivity index (χ1n) is 9.96. The first kappa shape index (κ1) is 24.9. The zero-order valence-corrected chi connectivity index (χ0v) is 19.6. The SMILES string of the molecule is O=c1c(=O)/c(=N/Nc2ccc(S(=O)(=O)O)cc2)c2ccccc2/c1=N\Nc1ccc(S(=O)(=O)O)cc1. The fourth-order valence-corrected chi connectivity index (χ4v) is 4.18. The van der Waals surface area contributed by atoms with Crippen LogP contribution in [0.2, 0.25) is 0 Å². The molecule has 0 spiro atoms. The van der Waals surface area contributed by atoms with Crippen molar-refractivity contribution in [2.75, 3.05) is 10.9 Å². The molecular weight excluding hydrogens is 512 g/mol. The molecule has 0 saturated carbocycles. The van der Waals surface area contributed by atoms with Gasteiger partial charge in [-0.3, -0.25) is 29.5 Å². The molecule has 0 bridgehead atoms. The van der Waals surface area contributed by atoms with Crippen molar-refractivity contribution < 1.29 is 25.9 Å². The second-order valence-corrected chi connectivity index (χ2v) is 10.2. The van der Waals surface area contributed by atoms with E-state index in [4.69, 9.17) is 9.11 Å². The van der Waals surface area contributed by atoms with Gasteiger partial charge >= 0.3 is 0 Å². The molecule has 4 aromatic rings. The Morgan fingerprint density at radius 1 is 0.556 bits per heavy atom. The molecular formula is C22H16N4O8S2. The zero-order valence-electron chi connectivity index (χ0n) is 18.0. The van der Waals surface area contributed by atoms with Gasteiger partial charge in [0.2, 0.25) is 0 Å². The average Bonchev–Trinajstić information content (AvgIpc) is 2.83. The largest absolute Gasteiger partial charge is 0.294 e. The molecule has 0 aliphatic carbocycles. The first-order chi connectivity index (χ1) is 16.9. The van der Waals surface area contributed by atoms with Crippen molar-refractivity contribution in [3.63, 3.8) is 0 Å². The molecule has 0 aliphatic rings. The van der Waals surface area contributed by atoms with Crippen molar-refractivity contribution in [2.45, 2.75) is 9.79 Å². The Kier molecular flexibility index (Phi) is 6.51. The highest BCUT2D eigenvalue weighted by Gasteiger charge is 2.12. The Labute approximate surface area is 203 Å². The summed E-state index contributed by atoms with van der Waals surface area (Å²) < 4.78 is 62.8. The summed E-state index contributed by atoms with van der Waals surface area (Å²) in [6, 6.07) is 16.2. The van der Waals surface area contributed by atoms with E-state index < -0.39 is 31.1 Å². The van der Waals surface area contributed by atoms with Crippen LogP contribution >= 0.6 is 0 Å². The molecule has 0 radical (unpaired) electrons. The fraction of sp³-hybridized carbons (Fsp3) is 0. The average molecular weight is 529 g/mol. The summed E-state index contributed by atoms with van der Waals surface area (Å²) in [5.74, 6) is 0. The van der Waals surface area contributed by atoms with Gasteiger partial charge in [0.05, 0.1) is 21.2 Å². The maximum absolute atomic E-state index is 12.8. The van der Waals surface area contributed by atoms with Gasteiger partial charge in [0.15, 0.2) is 0 Å². The van der Waals surface area contributed by atoms with Crippen molar-refractivity contribution in [1.82, 2.24) is 0 Å². The van der Waals surface area contributed by atoms with Crippen molar-refractivity contribution in [1.29, 1.82) is 0 Å². The highest BCUT2D eigenvalue weighted by molar-refractivity contribution is 7.86. The molecule has 0 aromatic heterocycles. The molecule has 4 N–H and O–H groups in total. The van der Waals surface area contributed by atoms with E-state index in [0.29, 0.717) is 22.1 Å². The molecule has 0 atom stereocenters. The molecule has 0 aliphatic heterocycles. The van der Waals surface area contributed by atoms with Gasteiger partial charge in [-0.25, -0.2) is 0 Å². The maximum atomic E-state index is 12.8. The predicted octanol–water partition coefficient (Wildman–Crippen LogP) is 0.785. The summed E-state index contributed by atoms with van der Waals surface area (Å²) in [6.07, 6.45) is 0. The number of rotatable bonds is 6. The number of anilines is 2. The van der Waals surface area contributed by atoms with E-state index in [2.05, 4.69) is 21.1 Å². The summed E-state index contributed by atoms with van der Waals surface area (Å²) in [4.78, 5) is 25.0. The van der Waals surface area contributed by atoms with Gasteiger partial charge in [-0.2, -0.15) is 27.0 Å². The van der Waals surface area contributed by atoms with E-state index in [9.17, 15) is 26.4 Å². The van der Waals surface area contributed by atoms with E-state index in [1.807, 2.05) is 0 Å². The van der Waals surface area contributed by atoms with Crippen molar-refractivity contribution in [2.24, 2.45) is 10.2 Å². The highest BCUT2D eigenvalue weighted by atomic mass is 32.2. The third-order valence-electron chi connectivity index (χ3n) is 4.97. The summed E-state index contributed by atoms with van der Waals surface area (Å²) in [6.45, 7) is 0. The van der Waals surface area contributed by atoms with E-state index in [-0.39, 0.29) is 20.5 Å². The lowest BCUT2D eigenvalue weighted by molar-refractivity contribution is 0.481. The molecule has 12 nitrogen and oxygen atoms in total. The van der Waals surface area contributed by atoms with E-state index in [1.54, 1.807) is 24.3 Å². The van der Waals surface area contributed by atoms with E-state index in [1.165, 1.54) is 24.3 Å². The molecule has 0 saturated heterocycles. The molecule has 0 heterocycles. The topological polar surface area (TPSA) is 192 Å². The van der Waals surface area contributed by atoms with Gasteiger partial charge in [0, 0.05) is 10.8 Å². The van der Waals surface area contributed by atoms with Crippen LogP contribution in [0.25, 0.3) is 10.8 Å². The van der Waals surface area contributed by atoms with Gasteiger partial charge in [-0.1, -0.05) is 24.3 Å². The smallest absolute Gasteiger partial charge is 0.283 e. The Hall–Kier alpha value is -4.24. The van der Waals surface area contributed by atoms with Crippen LogP contribution in [0.5, 0.6) is 0 Å². The minimum absolute atomic E-state index is 0.189. The highest BCUT2D eigenvalue weighted by Crippen LogP contribution is 2.14. The molecule has 0 amide bonds. The fourth-order valence-electron chi connectivity index (χ4n) is 3.22. The summed E-state index contributed by atoms with van der Waals surface area (Å²) in [5.41, 5.74) is 3.87. The normalized spacial score (nSPS) is 13.2. The molecule has 0 unspecified atom stereocenters. The Balaban J connectivity index is 1.76. The molecule has 0 fully saturated rings. The lowest BCUT2D eigenvalue weighted by Gasteiger charge is -2.04. The molecule has 14 heteroatoms. The van der Waals surface area contributed by atoms with Crippen LogP contribution in [0.3, 0.4) is 0 Å². The third-order valence-corrected chi connectivity index (χ3v) is 6.71. The standard InChI is InChI=1S/C22H16N4O8S2/c27-21-19(25-23-13-5-9-15(10-6-13)35(29,30)31)17-3-1-2-4-18(17)20(22(21)28)26-24-14-7-11-16(12-8-14)36(32,33)34/h1-12,23-24H,(H,29,30,31)(H,32,33,34)/b25-19+,26-20+. The Bertz CT molecular complexity index is 1770. The lowest BCUT2D eigenvalue weighted by Crippen LogP contribution is -2.48. The van der Waals surface area contributed by atoms with Crippen LogP contribution in [-0.2, 0) is 20.2 Å². The second kappa shape index (κ2) is 9.43. The van der Waals surface area contributed by atoms with Crippen LogP contribution in [0.15, 0.2) is 102 Å². The number of hydrogen-bond acceptors (Lipinski definition) is 10. The van der Waals surface area contributed by atoms with Crippen LogP contribution in [-0.4, -0.2) is 25.9 Å². The molecule has 184 valence electrons. The van der Waals surface area contributed by atoms with Crippen LogP contribution in [0, 0.1) is 0 Å². The maximum Gasteiger partial charge on any atom is 0.294 e. The summed E-state index contributed by atoms with van der Waals surface area (Å²) >= 11 is 0. The van der Waals surface area contributed by atoms with Crippen LogP contribution in [0.1, 0.15) is 0 Å². The van der Waals surface area contributed by atoms with Crippen molar-refractivity contribution in [3.05, 3.63) is 104 Å². The number of nitrogens with zero attached hydrogens (tertiary/aromatic N) is 2. The Morgan fingerprint density at radius 3 is 1.19 bits per heavy atom. The van der Waals surface area contributed by atoms with E-state index >= 15 is 0 Å². The van der Waals surface area contributed by atoms with Gasteiger partial charge in [-0.05, 0) is 48.5 Å². The van der Waals surface area contributed by atoms with Gasteiger partial charge < -0.3 is 0 Å².